The van der Waals surface area contributed by atoms with E-state index in [2.05, 4.69) is 15.7 Å². The first kappa shape index (κ1) is 15.3. The Kier molecular flexibility index (Phi) is 4.73. The monoisotopic (exact) mass is 327 g/mol. The Bertz CT molecular complexity index is 720. The van der Waals surface area contributed by atoms with Gasteiger partial charge in [0.15, 0.2) is 0 Å². The van der Waals surface area contributed by atoms with Crippen molar-refractivity contribution in [3.8, 4) is 5.88 Å². The second-order valence-corrected chi connectivity index (χ2v) is 5.80. The summed E-state index contributed by atoms with van der Waals surface area (Å²) in [4.78, 5) is 16.6. The Balaban J connectivity index is 1.77. The van der Waals surface area contributed by atoms with Gasteiger partial charge in [0.2, 0.25) is 11.8 Å². The normalized spacial score (nSPS) is 11.9. The van der Waals surface area contributed by atoms with Crippen molar-refractivity contribution in [1.82, 2.24) is 9.55 Å². The van der Waals surface area contributed by atoms with E-state index in [-0.39, 0.29) is 11.9 Å². The summed E-state index contributed by atoms with van der Waals surface area (Å²) < 4.78 is 7.21. The Morgan fingerprint density at radius 3 is 2.87 bits per heavy atom. The molecule has 0 spiro atoms. The number of pyridine rings is 1. The second-order valence-electron chi connectivity index (χ2n) is 5.02. The molecule has 0 aliphatic heterocycles. The minimum absolute atomic E-state index is 0.0288. The van der Waals surface area contributed by atoms with Crippen LogP contribution < -0.4 is 10.1 Å². The molecular formula is C17H17N3O2S. The van der Waals surface area contributed by atoms with Crippen molar-refractivity contribution in [2.75, 3.05) is 12.4 Å². The van der Waals surface area contributed by atoms with E-state index in [9.17, 15) is 4.79 Å². The summed E-state index contributed by atoms with van der Waals surface area (Å²) >= 11 is 1.63. The third kappa shape index (κ3) is 3.60. The molecule has 0 bridgehead atoms. The van der Waals surface area contributed by atoms with Gasteiger partial charge in [-0.3, -0.25) is 4.79 Å². The molecule has 3 aromatic heterocycles. The fourth-order valence-electron chi connectivity index (χ4n) is 2.44. The lowest BCUT2D eigenvalue weighted by Crippen LogP contribution is -2.19. The molecule has 0 saturated heterocycles. The van der Waals surface area contributed by atoms with E-state index in [1.807, 2.05) is 40.5 Å². The minimum Gasteiger partial charge on any atom is -0.480 e. The molecule has 0 unspecified atom stereocenters. The average Bonchev–Trinajstić information content (AvgIpc) is 3.27. The van der Waals surface area contributed by atoms with Gasteiger partial charge in [-0.05, 0) is 46.7 Å². The largest absolute Gasteiger partial charge is 0.480 e. The number of ether oxygens (including phenoxy) is 1. The standard InChI is InChI=1S/C17H17N3O2S/c1-22-17-14(5-4-7-18-17)19-16(21)11-15(13-6-10-23-12-13)20-8-2-3-9-20/h2-10,12,15H,11H2,1H3,(H,19,21)/t15-/m1/s1. The summed E-state index contributed by atoms with van der Waals surface area (Å²) in [7, 11) is 1.53. The number of carbonyl (C=O) groups excluding carboxylic acids is 1. The molecule has 0 fully saturated rings. The van der Waals surface area contributed by atoms with Gasteiger partial charge < -0.3 is 14.6 Å². The lowest BCUT2D eigenvalue weighted by atomic mass is 10.1. The zero-order chi connectivity index (χ0) is 16.1. The maximum Gasteiger partial charge on any atom is 0.237 e. The molecule has 0 aliphatic rings. The van der Waals surface area contributed by atoms with Crippen molar-refractivity contribution in [2.45, 2.75) is 12.5 Å². The number of amides is 1. The lowest BCUT2D eigenvalue weighted by Gasteiger charge is -2.18. The molecule has 1 N–H and O–H groups in total. The van der Waals surface area contributed by atoms with E-state index in [0.717, 1.165) is 5.56 Å². The highest BCUT2D eigenvalue weighted by Crippen LogP contribution is 2.26. The summed E-state index contributed by atoms with van der Waals surface area (Å²) in [6.07, 6.45) is 5.91. The van der Waals surface area contributed by atoms with Crippen LogP contribution in [0.1, 0.15) is 18.0 Å². The van der Waals surface area contributed by atoms with Gasteiger partial charge in [0, 0.05) is 18.6 Å². The van der Waals surface area contributed by atoms with Crippen LogP contribution in [0.2, 0.25) is 0 Å². The number of anilines is 1. The van der Waals surface area contributed by atoms with Crippen LogP contribution in [0.5, 0.6) is 5.88 Å². The van der Waals surface area contributed by atoms with E-state index in [1.165, 1.54) is 7.11 Å². The molecule has 23 heavy (non-hydrogen) atoms. The van der Waals surface area contributed by atoms with Crippen molar-refractivity contribution in [1.29, 1.82) is 0 Å². The summed E-state index contributed by atoms with van der Waals surface area (Å²) in [5.74, 6) is 0.329. The van der Waals surface area contributed by atoms with Gasteiger partial charge >= 0.3 is 0 Å². The highest BCUT2D eigenvalue weighted by atomic mass is 32.1. The molecule has 5 nitrogen and oxygen atoms in total. The fourth-order valence-corrected chi connectivity index (χ4v) is 3.15. The van der Waals surface area contributed by atoms with Crippen LogP contribution in [0.15, 0.2) is 59.7 Å². The summed E-state index contributed by atoms with van der Waals surface area (Å²) in [5.41, 5.74) is 1.70. The lowest BCUT2D eigenvalue weighted by molar-refractivity contribution is -0.116. The summed E-state index contributed by atoms with van der Waals surface area (Å²) in [6.45, 7) is 0. The summed E-state index contributed by atoms with van der Waals surface area (Å²) in [5, 5.41) is 6.97. The number of nitrogens with zero attached hydrogens (tertiary/aromatic N) is 2. The van der Waals surface area contributed by atoms with Crippen LogP contribution in [0, 0.1) is 0 Å². The Labute approximate surface area is 138 Å². The molecule has 3 heterocycles. The average molecular weight is 327 g/mol. The van der Waals surface area contributed by atoms with Crippen LogP contribution in [0.3, 0.4) is 0 Å². The van der Waals surface area contributed by atoms with E-state index in [1.54, 1.807) is 29.7 Å². The van der Waals surface area contributed by atoms with Crippen molar-refractivity contribution in [3.05, 3.63) is 65.2 Å². The molecule has 3 rings (SSSR count). The zero-order valence-corrected chi connectivity index (χ0v) is 13.5. The highest BCUT2D eigenvalue weighted by Gasteiger charge is 2.18. The maximum absolute atomic E-state index is 12.5. The number of methoxy groups -OCH3 is 1. The topological polar surface area (TPSA) is 56.1 Å². The van der Waals surface area contributed by atoms with Gasteiger partial charge in [-0.25, -0.2) is 4.98 Å². The summed E-state index contributed by atoms with van der Waals surface area (Å²) in [6, 6.07) is 9.48. The number of carbonyl (C=O) groups is 1. The van der Waals surface area contributed by atoms with Crippen LogP contribution >= 0.6 is 11.3 Å². The van der Waals surface area contributed by atoms with E-state index >= 15 is 0 Å². The number of rotatable bonds is 6. The third-order valence-corrected chi connectivity index (χ3v) is 4.23. The third-order valence-electron chi connectivity index (χ3n) is 3.53. The van der Waals surface area contributed by atoms with Gasteiger partial charge in [0.1, 0.15) is 5.69 Å². The molecular weight excluding hydrogens is 310 g/mol. The molecule has 6 heteroatoms. The number of thiophene rings is 1. The quantitative estimate of drug-likeness (QED) is 0.753. The Hall–Kier alpha value is -2.60. The fraction of sp³-hybridized carbons (Fsp3) is 0.176. The smallest absolute Gasteiger partial charge is 0.237 e. The molecule has 0 radical (unpaired) electrons. The molecule has 1 atom stereocenters. The number of nitrogens with one attached hydrogen (secondary N) is 1. The van der Waals surface area contributed by atoms with Crippen molar-refractivity contribution < 1.29 is 9.53 Å². The molecule has 3 aromatic rings. The second kappa shape index (κ2) is 7.11. The Morgan fingerprint density at radius 2 is 2.17 bits per heavy atom. The SMILES string of the molecule is COc1ncccc1NC(=O)C[C@H](c1ccsc1)n1cccc1. The van der Waals surface area contributed by atoms with Crippen molar-refractivity contribution in [3.63, 3.8) is 0 Å². The molecule has 0 aromatic carbocycles. The highest BCUT2D eigenvalue weighted by molar-refractivity contribution is 7.08. The number of hydrogen-bond acceptors (Lipinski definition) is 4. The number of hydrogen-bond donors (Lipinski definition) is 1. The maximum atomic E-state index is 12.5. The Morgan fingerprint density at radius 1 is 1.35 bits per heavy atom. The van der Waals surface area contributed by atoms with E-state index in [4.69, 9.17) is 4.74 Å². The van der Waals surface area contributed by atoms with Crippen LogP contribution in [-0.4, -0.2) is 22.6 Å². The van der Waals surface area contributed by atoms with Gasteiger partial charge in [-0.15, -0.1) is 0 Å². The van der Waals surface area contributed by atoms with Gasteiger partial charge in [0.05, 0.1) is 19.6 Å². The zero-order valence-electron chi connectivity index (χ0n) is 12.7. The van der Waals surface area contributed by atoms with Crippen molar-refractivity contribution in [2.24, 2.45) is 0 Å². The van der Waals surface area contributed by atoms with Crippen LogP contribution in [0.25, 0.3) is 0 Å². The van der Waals surface area contributed by atoms with Crippen LogP contribution in [-0.2, 0) is 4.79 Å². The molecule has 1 amide bonds. The predicted molar refractivity (Wildman–Crippen MR) is 90.9 cm³/mol. The molecule has 118 valence electrons. The first-order valence-corrected chi connectivity index (χ1v) is 8.15. The van der Waals surface area contributed by atoms with E-state index in [0.29, 0.717) is 18.0 Å². The van der Waals surface area contributed by atoms with E-state index < -0.39 is 0 Å². The first-order valence-electron chi connectivity index (χ1n) is 7.21. The minimum atomic E-state index is -0.0822. The van der Waals surface area contributed by atoms with Crippen molar-refractivity contribution >= 4 is 22.9 Å². The predicted octanol–water partition coefficient (Wildman–Crippen LogP) is 3.57. The van der Waals surface area contributed by atoms with Crippen LogP contribution in [0.4, 0.5) is 5.69 Å². The van der Waals surface area contributed by atoms with Gasteiger partial charge in [-0.2, -0.15) is 11.3 Å². The van der Waals surface area contributed by atoms with Gasteiger partial charge in [0.25, 0.3) is 0 Å². The molecule has 0 aliphatic carbocycles. The first-order chi connectivity index (χ1) is 11.3. The molecule has 0 saturated carbocycles. The van der Waals surface area contributed by atoms with Gasteiger partial charge in [-0.1, -0.05) is 0 Å². The number of aromatic nitrogens is 2.